The highest BCUT2D eigenvalue weighted by Crippen LogP contribution is 2.53. The van der Waals surface area contributed by atoms with Gasteiger partial charge in [0.15, 0.2) is 11.9 Å². The molecule has 0 aliphatic rings. The van der Waals surface area contributed by atoms with Crippen LogP contribution in [0.2, 0.25) is 10.0 Å². The Kier molecular flexibility index (Phi) is 9.98. The van der Waals surface area contributed by atoms with Crippen molar-refractivity contribution < 1.29 is 27.9 Å². The fourth-order valence-electron chi connectivity index (χ4n) is 1.82. The van der Waals surface area contributed by atoms with Crippen molar-refractivity contribution >= 4 is 36.8 Å². The zero-order valence-electron chi connectivity index (χ0n) is 15.4. The summed E-state index contributed by atoms with van der Waals surface area (Å²) in [4.78, 5) is 12.3. The largest absolute Gasteiger partial charge is 0.477 e. The number of carbonyl (C=O) groups excluding carboxylic acids is 1. The number of hydrogen-bond donors (Lipinski definition) is 0. The van der Waals surface area contributed by atoms with Crippen LogP contribution in [0.5, 0.6) is 5.75 Å². The predicted octanol–water partition coefficient (Wildman–Crippen LogP) is 5.70. The van der Waals surface area contributed by atoms with E-state index >= 15 is 0 Å². The quantitative estimate of drug-likeness (QED) is 0.334. The van der Waals surface area contributed by atoms with Crippen LogP contribution in [0.15, 0.2) is 18.2 Å². The van der Waals surface area contributed by atoms with Crippen LogP contribution in [-0.2, 0) is 23.1 Å². The highest BCUT2D eigenvalue weighted by Gasteiger charge is 2.36. The summed E-state index contributed by atoms with van der Waals surface area (Å²) in [5, 5.41) is 0.724. The minimum absolute atomic E-state index is 0.245. The molecule has 2 atom stereocenters. The standard InChI is InChI=1S/C17H25Cl2O6P/c1-5-9-22-26(21,23-10-6-2)13(4)25-17(20)12(3)24-16-8-7-14(18)11-15(16)19/h7-8,11-13H,5-6,9-10H2,1-4H3. The van der Waals surface area contributed by atoms with Gasteiger partial charge in [-0.2, -0.15) is 0 Å². The van der Waals surface area contributed by atoms with Crippen LogP contribution in [-0.4, -0.2) is 31.1 Å². The van der Waals surface area contributed by atoms with Gasteiger partial charge in [0.2, 0.25) is 0 Å². The number of ether oxygens (including phenoxy) is 2. The Morgan fingerprint density at radius 2 is 1.69 bits per heavy atom. The summed E-state index contributed by atoms with van der Waals surface area (Å²) in [6.07, 6.45) is 0.352. The maximum atomic E-state index is 12.8. The van der Waals surface area contributed by atoms with E-state index < -0.39 is 25.5 Å². The van der Waals surface area contributed by atoms with Gasteiger partial charge < -0.3 is 18.5 Å². The zero-order chi connectivity index (χ0) is 19.7. The molecule has 0 fully saturated rings. The lowest BCUT2D eigenvalue weighted by Crippen LogP contribution is -2.30. The second-order valence-corrected chi connectivity index (χ2v) is 8.74. The Morgan fingerprint density at radius 3 is 2.19 bits per heavy atom. The third-order valence-electron chi connectivity index (χ3n) is 3.21. The summed E-state index contributed by atoms with van der Waals surface area (Å²) < 4.78 is 34.3. The number of halogens is 2. The second-order valence-electron chi connectivity index (χ2n) is 5.58. The molecular weight excluding hydrogens is 402 g/mol. The van der Waals surface area contributed by atoms with E-state index in [0.717, 1.165) is 0 Å². The first kappa shape index (κ1) is 23.3. The van der Waals surface area contributed by atoms with Crippen LogP contribution in [0.3, 0.4) is 0 Å². The molecule has 0 heterocycles. The molecule has 26 heavy (non-hydrogen) atoms. The smallest absolute Gasteiger partial charge is 0.370 e. The summed E-state index contributed by atoms with van der Waals surface area (Å²) >= 11 is 11.9. The van der Waals surface area contributed by atoms with Crippen molar-refractivity contribution in [1.82, 2.24) is 0 Å². The molecule has 0 bridgehead atoms. The van der Waals surface area contributed by atoms with Crippen molar-refractivity contribution in [3.8, 4) is 5.75 Å². The molecule has 0 N–H and O–H groups in total. The minimum Gasteiger partial charge on any atom is -0.477 e. The topological polar surface area (TPSA) is 71.1 Å². The minimum atomic E-state index is -3.58. The van der Waals surface area contributed by atoms with Gasteiger partial charge in [-0.1, -0.05) is 37.0 Å². The second kappa shape index (κ2) is 11.2. The molecule has 148 valence electrons. The van der Waals surface area contributed by atoms with E-state index in [1.54, 1.807) is 12.1 Å². The number of rotatable bonds is 11. The van der Waals surface area contributed by atoms with E-state index in [-0.39, 0.29) is 18.2 Å². The fraction of sp³-hybridized carbons (Fsp3) is 0.588. The Morgan fingerprint density at radius 1 is 1.12 bits per heavy atom. The molecule has 0 saturated carbocycles. The van der Waals surface area contributed by atoms with Gasteiger partial charge in [-0.15, -0.1) is 0 Å². The molecule has 0 aromatic heterocycles. The third kappa shape index (κ3) is 7.09. The molecular formula is C17H25Cl2O6P. The summed E-state index contributed by atoms with van der Waals surface area (Å²) in [5.74, 6) is -1.47. The number of carbonyl (C=O) groups is 1. The number of hydrogen-bond acceptors (Lipinski definition) is 6. The molecule has 0 aliphatic carbocycles. The Labute approximate surface area is 164 Å². The molecule has 1 rings (SSSR count). The first-order valence-corrected chi connectivity index (χ1v) is 10.8. The Bertz CT molecular complexity index is 628. The Balaban J connectivity index is 2.74. The molecule has 9 heteroatoms. The highest BCUT2D eigenvalue weighted by molar-refractivity contribution is 7.54. The first-order valence-electron chi connectivity index (χ1n) is 8.44. The van der Waals surface area contributed by atoms with Gasteiger partial charge in [-0.05, 0) is 44.9 Å². The number of benzene rings is 1. The molecule has 2 unspecified atom stereocenters. The van der Waals surface area contributed by atoms with Crippen LogP contribution < -0.4 is 4.74 Å². The van der Waals surface area contributed by atoms with Crippen LogP contribution in [0.1, 0.15) is 40.5 Å². The Hall–Kier alpha value is -0.780. The zero-order valence-corrected chi connectivity index (χ0v) is 17.8. The summed E-state index contributed by atoms with van der Waals surface area (Å²) in [7, 11) is -3.58. The van der Waals surface area contributed by atoms with E-state index in [1.807, 2.05) is 13.8 Å². The first-order chi connectivity index (χ1) is 12.2. The van der Waals surface area contributed by atoms with Gasteiger partial charge in [0.25, 0.3) is 0 Å². The third-order valence-corrected chi connectivity index (χ3v) is 5.82. The molecule has 1 aromatic rings. The molecule has 0 spiro atoms. The average Bonchev–Trinajstić information content (AvgIpc) is 2.60. The molecule has 0 amide bonds. The lowest BCUT2D eigenvalue weighted by molar-refractivity contribution is -0.153. The van der Waals surface area contributed by atoms with Crippen molar-refractivity contribution in [3.05, 3.63) is 28.2 Å². The van der Waals surface area contributed by atoms with Crippen LogP contribution in [0.4, 0.5) is 0 Å². The van der Waals surface area contributed by atoms with E-state index in [9.17, 15) is 9.36 Å². The van der Waals surface area contributed by atoms with Crippen LogP contribution in [0.25, 0.3) is 0 Å². The van der Waals surface area contributed by atoms with Gasteiger partial charge in [-0.3, -0.25) is 4.57 Å². The van der Waals surface area contributed by atoms with Gasteiger partial charge in [-0.25, -0.2) is 4.79 Å². The number of esters is 1. The van der Waals surface area contributed by atoms with Crippen molar-refractivity contribution in [2.45, 2.75) is 52.5 Å². The molecule has 0 aliphatic heterocycles. The maximum Gasteiger partial charge on any atom is 0.370 e. The van der Waals surface area contributed by atoms with E-state index in [1.165, 1.54) is 19.9 Å². The summed E-state index contributed by atoms with van der Waals surface area (Å²) in [6.45, 7) is 7.24. The van der Waals surface area contributed by atoms with Gasteiger partial charge in [0.1, 0.15) is 5.75 Å². The lowest BCUT2D eigenvalue weighted by Gasteiger charge is -2.25. The molecule has 1 aromatic carbocycles. The van der Waals surface area contributed by atoms with Crippen LogP contribution in [0, 0.1) is 0 Å². The van der Waals surface area contributed by atoms with Crippen molar-refractivity contribution in [2.24, 2.45) is 0 Å². The fourth-order valence-corrected chi connectivity index (χ4v) is 3.88. The lowest BCUT2D eigenvalue weighted by atomic mass is 10.3. The molecule has 6 nitrogen and oxygen atoms in total. The van der Waals surface area contributed by atoms with Gasteiger partial charge >= 0.3 is 13.6 Å². The average molecular weight is 427 g/mol. The SMILES string of the molecule is CCCOP(=O)(OCCC)C(C)OC(=O)C(C)Oc1ccc(Cl)cc1Cl. The van der Waals surface area contributed by atoms with E-state index in [4.69, 9.17) is 41.7 Å². The molecule has 0 radical (unpaired) electrons. The van der Waals surface area contributed by atoms with Gasteiger partial charge in [0.05, 0.1) is 18.2 Å². The molecule has 0 saturated heterocycles. The van der Waals surface area contributed by atoms with Crippen molar-refractivity contribution in [1.29, 1.82) is 0 Å². The van der Waals surface area contributed by atoms with Gasteiger partial charge in [0, 0.05) is 5.02 Å². The van der Waals surface area contributed by atoms with Crippen molar-refractivity contribution in [2.75, 3.05) is 13.2 Å². The normalized spacial score (nSPS) is 13.9. The summed E-state index contributed by atoms with van der Waals surface area (Å²) in [5.41, 5.74) is 0. The van der Waals surface area contributed by atoms with E-state index in [2.05, 4.69) is 0 Å². The van der Waals surface area contributed by atoms with Crippen molar-refractivity contribution in [3.63, 3.8) is 0 Å². The van der Waals surface area contributed by atoms with E-state index in [0.29, 0.717) is 23.6 Å². The van der Waals surface area contributed by atoms with Crippen LogP contribution >= 0.6 is 30.8 Å². The highest BCUT2D eigenvalue weighted by atomic mass is 35.5. The summed E-state index contributed by atoms with van der Waals surface area (Å²) in [6, 6.07) is 4.65. The monoisotopic (exact) mass is 426 g/mol. The maximum absolute atomic E-state index is 12.8. The predicted molar refractivity (Wildman–Crippen MR) is 102 cm³/mol.